The van der Waals surface area contributed by atoms with Gasteiger partial charge in [0.2, 0.25) is 0 Å². The minimum Gasteiger partial charge on any atom is -0.338 e. The van der Waals surface area contributed by atoms with Gasteiger partial charge in [0.05, 0.1) is 0 Å². The Kier molecular flexibility index (Phi) is 10.5. The maximum Gasteiger partial charge on any atom is 0.314 e. The molecule has 2 unspecified atom stereocenters. The molecule has 0 saturated carbocycles. The third kappa shape index (κ3) is 9.79. The van der Waals surface area contributed by atoms with Crippen LogP contribution in [-0.4, -0.2) is 68.2 Å². The largest absolute Gasteiger partial charge is 0.338 e. The molecule has 2 heterocycles. The lowest BCUT2D eigenvalue weighted by atomic mass is 9.92. The fraction of sp³-hybridized carbons (Fsp3) is 0.955. The van der Waals surface area contributed by atoms with Crippen molar-refractivity contribution in [2.24, 2.45) is 17.8 Å². The SMILES string of the molecule is CC1CCN(CCCCNC(=O)NCCCCN2CC(C)CC(C)C2)CC1. The maximum absolute atomic E-state index is 11.9. The Morgan fingerprint density at radius 1 is 0.778 bits per heavy atom. The summed E-state index contributed by atoms with van der Waals surface area (Å²) in [6, 6.07) is 0.00187. The maximum atomic E-state index is 11.9. The first-order valence-corrected chi connectivity index (χ1v) is 11.5. The molecular formula is C22H44N4O. The molecule has 2 aliphatic heterocycles. The van der Waals surface area contributed by atoms with Crippen LogP contribution in [0.3, 0.4) is 0 Å². The molecule has 2 amide bonds. The van der Waals surface area contributed by atoms with E-state index in [0.29, 0.717) is 0 Å². The van der Waals surface area contributed by atoms with Gasteiger partial charge in [0, 0.05) is 26.2 Å². The summed E-state index contributed by atoms with van der Waals surface area (Å²) in [7, 11) is 0. The lowest BCUT2D eigenvalue weighted by Crippen LogP contribution is -2.39. The monoisotopic (exact) mass is 380 g/mol. The van der Waals surface area contributed by atoms with Crippen LogP contribution in [0.4, 0.5) is 4.79 Å². The summed E-state index contributed by atoms with van der Waals surface area (Å²) in [6.07, 6.45) is 8.56. The summed E-state index contributed by atoms with van der Waals surface area (Å²) in [5, 5.41) is 6.00. The van der Waals surface area contributed by atoms with Crippen molar-refractivity contribution in [3.63, 3.8) is 0 Å². The number of likely N-dealkylation sites (tertiary alicyclic amines) is 2. The molecule has 2 fully saturated rings. The molecular weight excluding hydrogens is 336 g/mol. The van der Waals surface area contributed by atoms with Gasteiger partial charge >= 0.3 is 6.03 Å². The van der Waals surface area contributed by atoms with E-state index in [0.717, 1.165) is 43.7 Å². The van der Waals surface area contributed by atoms with Crippen LogP contribution in [0.15, 0.2) is 0 Å². The van der Waals surface area contributed by atoms with Crippen LogP contribution < -0.4 is 10.6 Å². The average Bonchev–Trinajstić information content (AvgIpc) is 2.62. The number of nitrogens with one attached hydrogen (secondary N) is 2. The summed E-state index contributed by atoms with van der Waals surface area (Å²) >= 11 is 0. The molecule has 0 radical (unpaired) electrons. The van der Waals surface area contributed by atoms with E-state index >= 15 is 0 Å². The van der Waals surface area contributed by atoms with E-state index in [9.17, 15) is 4.79 Å². The summed E-state index contributed by atoms with van der Waals surface area (Å²) in [6.45, 7) is 16.0. The third-order valence-corrected chi connectivity index (χ3v) is 6.19. The summed E-state index contributed by atoms with van der Waals surface area (Å²) in [5.41, 5.74) is 0. The second-order valence-electron chi connectivity index (χ2n) is 9.33. The Hall–Kier alpha value is -0.810. The van der Waals surface area contributed by atoms with E-state index in [1.807, 2.05) is 0 Å². The number of hydrogen-bond donors (Lipinski definition) is 2. The molecule has 2 atom stereocenters. The van der Waals surface area contributed by atoms with Crippen molar-refractivity contribution in [3.8, 4) is 0 Å². The first-order valence-electron chi connectivity index (χ1n) is 11.5. The predicted octanol–water partition coefficient (Wildman–Crippen LogP) is 3.56. The number of carbonyl (C=O) groups excluding carboxylic acids is 1. The van der Waals surface area contributed by atoms with Crippen molar-refractivity contribution in [1.29, 1.82) is 0 Å². The molecule has 27 heavy (non-hydrogen) atoms. The van der Waals surface area contributed by atoms with Gasteiger partial charge in [-0.2, -0.15) is 0 Å². The summed E-state index contributed by atoms with van der Waals surface area (Å²) in [5.74, 6) is 2.56. The standard InChI is InChI=1S/C22H44N4O/c1-19-8-14-25(15-9-19)12-6-4-10-23-22(27)24-11-5-7-13-26-17-20(2)16-21(3)18-26/h19-21H,4-18H2,1-3H3,(H2,23,24,27). The Morgan fingerprint density at radius 3 is 1.85 bits per heavy atom. The number of nitrogens with zero attached hydrogens (tertiary/aromatic N) is 2. The van der Waals surface area contributed by atoms with Crippen LogP contribution >= 0.6 is 0 Å². The first-order chi connectivity index (χ1) is 13.0. The van der Waals surface area contributed by atoms with Gasteiger partial charge < -0.3 is 20.4 Å². The number of urea groups is 1. The molecule has 0 spiro atoms. The fourth-order valence-corrected chi connectivity index (χ4v) is 4.65. The number of unbranched alkanes of at least 4 members (excludes halogenated alkanes) is 2. The lowest BCUT2D eigenvalue weighted by molar-refractivity contribution is 0.139. The molecule has 0 aromatic rings. The number of piperidine rings is 2. The Labute approximate surface area is 167 Å². The van der Waals surface area contributed by atoms with E-state index in [1.165, 1.54) is 71.4 Å². The average molecular weight is 381 g/mol. The number of hydrogen-bond acceptors (Lipinski definition) is 3. The van der Waals surface area contributed by atoms with Gasteiger partial charge in [-0.3, -0.25) is 0 Å². The van der Waals surface area contributed by atoms with Crippen LogP contribution in [0, 0.1) is 17.8 Å². The second kappa shape index (κ2) is 12.6. The Balaban J connectivity index is 1.38. The minimum atomic E-state index is 0.00187. The van der Waals surface area contributed by atoms with E-state index in [4.69, 9.17) is 0 Å². The highest BCUT2D eigenvalue weighted by Gasteiger charge is 2.21. The fourth-order valence-electron chi connectivity index (χ4n) is 4.65. The van der Waals surface area contributed by atoms with E-state index < -0.39 is 0 Å². The van der Waals surface area contributed by atoms with E-state index in [2.05, 4.69) is 41.2 Å². The van der Waals surface area contributed by atoms with Gasteiger partial charge in [-0.15, -0.1) is 0 Å². The van der Waals surface area contributed by atoms with Crippen LogP contribution in [0.5, 0.6) is 0 Å². The lowest BCUT2D eigenvalue weighted by Gasteiger charge is -2.34. The highest BCUT2D eigenvalue weighted by Crippen LogP contribution is 2.21. The van der Waals surface area contributed by atoms with Gasteiger partial charge in [0.15, 0.2) is 0 Å². The Morgan fingerprint density at radius 2 is 1.30 bits per heavy atom. The number of amides is 2. The first kappa shape index (κ1) is 22.5. The highest BCUT2D eigenvalue weighted by molar-refractivity contribution is 5.73. The van der Waals surface area contributed by atoms with Crippen LogP contribution in [0.1, 0.15) is 65.7 Å². The zero-order valence-electron chi connectivity index (χ0n) is 18.1. The highest BCUT2D eigenvalue weighted by atomic mass is 16.2. The van der Waals surface area contributed by atoms with Gasteiger partial charge in [-0.25, -0.2) is 4.79 Å². The van der Waals surface area contributed by atoms with Crippen molar-refractivity contribution in [1.82, 2.24) is 20.4 Å². The van der Waals surface area contributed by atoms with Crippen molar-refractivity contribution in [3.05, 3.63) is 0 Å². The van der Waals surface area contributed by atoms with Crippen molar-refractivity contribution < 1.29 is 4.79 Å². The van der Waals surface area contributed by atoms with Crippen molar-refractivity contribution in [2.75, 3.05) is 52.4 Å². The smallest absolute Gasteiger partial charge is 0.314 e. The number of carbonyl (C=O) groups is 1. The molecule has 2 aliphatic rings. The summed E-state index contributed by atoms with van der Waals surface area (Å²) in [4.78, 5) is 17.0. The topological polar surface area (TPSA) is 47.6 Å². The number of rotatable bonds is 10. The molecule has 2 saturated heterocycles. The zero-order valence-corrected chi connectivity index (χ0v) is 18.1. The van der Waals surface area contributed by atoms with E-state index in [1.54, 1.807) is 0 Å². The molecule has 5 heteroatoms. The third-order valence-electron chi connectivity index (χ3n) is 6.19. The zero-order chi connectivity index (χ0) is 19.5. The molecule has 5 nitrogen and oxygen atoms in total. The van der Waals surface area contributed by atoms with Crippen molar-refractivity contribution in [2.45, 2.75) is 65.7 Å². The Bertz CT molecular complexity index is 399. The summed E-state index contributed by atoms with van der Waals surface area (Å²) < 4.78 is 0. The van der Waals surface area contributed by atoms with Crippen molar-refractivity contribution >= 4 is 6.03 Å². The molecule has 0 aromatic carbocycles. The van der Waals surface area contributed by atoms with Crippen LogP contribution in [-0.2, 0) is 0 Å². The molecule has 0 aliphatic carbocycles. The molecule has 0 aromatic heterocycles. The molecule has 158 valence electrons. The van der Waals surface area contributed by atoms with Crippen LogP contribution in [0.25, 0.3) is 0 Å². The van der Waals surface area contributed by atoms with E-state index in [-0.39, 0.29) is 6.03 Å². The predicted molar refractivity (Wildman–Crippen MR) is 114 cm³/mol. The van der Waals surface area contributed by atoms with Gasteiger partial charge in [0.25, 0.3) is 0 Å². The van der Waals surface area contributed by atoms with Crippen LogP contribution in [0.2, 0.25) is 0 Å². The van der Waals surface area contributed by atoms with Gasteiger partial charge in [-0.05, 0) is 88.9 Å². The normalized spacial score (nSPS) is 25.4. The quantitative estimate of drug-likeness (QED) is 0.570. The molecule has 2 N–H and O–H groups in total. The minimum absolute atomic E-state index is 0.00187. The van der Waals surface area contributed by atoms with Gasteiger partial charge in [0.1, 0.15) is 0 Å². The second-order valence-corrected chi connectivity index (χ2v) is 9.33. The molecule has 0 bridgehead atoms. The van der Waals surface area contributed by atoms with Gasteiger partial charge in [-0.1, -0.05) is 20.8 Å². The molecule has 2 rings (SSSR count).